The summed E-state index contributed by atoms with van der Waals surface area (Å²) >= 11 is 0. The molecule has 25 heavy (non-hydrogen) atoms. The van der Waals surface area contributed by atoms with Gasteiger partial charge in [-0.15, -0.1) is 0 Å². The van der Waals surface area contributed by atoms with Gasteiger partial charge in [-0.25, -0.2) is 9.97 Å². The Morgan fingerprint density at radius 1 is 1.04 bits per heavy atom. The van der Waals surface area contributed by atoms with E-state index in [0.29, 0.717) is 6.54 Å². The Bertz CT molecular complexity index is 1020. The van der Waals surface area contributed by atoms with E-state index in [-0.39, 0.29) is 0 Å². The number of nitrogens with one attached hydrogen (secondary N) is 1. The lowest BCUT2D eigenvalue weighted by molar-refractivity contribution is 0.770. The molecule has 5 heteroatoms. The molecule has 0 bridgehead atoms. The number of anilines is 1. The fourth-order valence-electron chi connectivity index (χ4n) is 3.00. The molecule has 2 aromatic heterocycles. The maximum absolute atomic E-state index is 4.61. The van der Waals surface area contributed by atoms with Crippen LogP contribution in [0.4, 0.5) is 5.82 Å². The highest BCUT2D eigenvalue weighted by molar-refractivity contribution is 5.89. The van der Waals surface area contributed by atoms with E-state index < -0.39 is 0 Å². The Morgan fingerprint density at radius 2 is 1.88 bits per heavy atom. The van der Waals surface area contributed by atoms with Gasteiger partial charge in [0.15, 0.2) is 0 Å². The molecule has 2 heterocycles. The van der Waals surface area contributed by atoms with Crippen molar-refractivity contribution in [3.05, 3.63) is 72.2 Å². The normalized spacial score (nSPS) is 11.0. The van der Waals surface area contributed by atoms with Gasteiger partial charge in [-0.2, -0.15) is 5.10 Å². The molecule has 4 aromatic rings. The zero-order valence-electron chi connectivity index (χ0n) is 14.3. The Kier molecular flexibility index (Phi) is 3.90. The second-order valence-corrected chi connectivity index (χ2v) is 6.14. The third-order valence-corrected chi connectivity index (χ3v) is 4.19. The summed E-state index contributed by atoms with van der Waals surface area (Å²) in [7, 11) is 1.94. The molecule has 124 valence electrons. The van der Waals surface area contributed by atoms with Crippen molar-refractivity contribution in [1.29, 1.82) is 0 Å². The van der Waals surface area contributed by atoms with Crippen molar-refractivity contribution < 1.29 is 0 Å². The first-order valence-corrected chi connectivity index (χ1v) is 8.24. The van der Waals surface area contributed by atoms with E-state index in [9.17, 15) is 0 Å². The van der Waals surface area contributed by atoms with Crippen LogP contribution in [-0.4, -0.2) is 19.7 Å². The molecule has 0 spiro atoms. The number of aryl methyl sites for hydroxylation is 2. The third-order valence-electron chi connectivity index (χ3n) is 4.19. The van der Waals surface area contributed by atoms with Crippen LogP contribution in [0.1, 0.15) is 11.1 Å². The summed E-state index contributed by atoms with van der Waals surface area (Å²) in [4.78, 5) is 8.76. The highest BCUT2D eigenvalue weighted by Crippen LogP contribution is 2.24. The van der Waals surface area contributed by atoms with Crippen LogP contribution in [0.5, 0.6) is 0 Å². The minimum absolute atomic E-state index is 0.651. The predicted molar refractivity (Wildman–Crippen MR) is 100 cm³/mol. The molecule has 0 aliphatic heterocycles. The molecule has 2 aromatic carbocycles. The number of aromatic nitrogens is 4. The van der Waals surface area contributed by atoms with Gasteiger partial charge in [0, 0.05) is 36.3 Å². The van der Waals surface area contributed by atoms with Crippen LogP contribution in [-0.2, 0) is 13.6 Å². The van der Waals surface area contributed by atoms with Crippen LogP contribution in [0, 0.1) is 6.92 Å². The molecule has 1 N–H and O–H groups in total. The standard InChI is InChI=1S/C20H19N5/c1-14-8-9-18-17(10-14)20(23-13-22-18)21-11-16-12-25(2)24-19(16)15-6-4-3-5-7-15/h3-10,12-13H,11H2,1-2H3,(H,21,22,23). The van der Waals surface area contributed by atoms with E-state index in [2.05, 4.69) is 51.6 Å². The van der Waals surface area contributed by atoms with Crippen LogP contribution in [0.25, 0.3) is 22.2 Å². The maximum atomic E-state index is 4.61. The number of nitrogens with zero attached hydrogens (tertiary/aromatic N) is 4. The van der Waals surface area contributed by atoms with E-state index in [1.807, 2.05) is 42.2 Å². The van der Waals surface area contributed by atoms with E-state index in [1.54, 1.807) is 6.33 Å². The van der Waals surface area contributed by atoms with Crippen LogP contribution < -0.4 is 5.32 Å². The summed E-state index contributed by atoms with van der Waals surface area (Å²) in [5.74, 6) is 0.844. The average Bonchev–Trinajstić information content (AvgIpc) is 3.01. The molecule has 5 nitrogen and oxygen atoms in total. The van der Waals surface area contributed by atoms with Gasteiger partial charge in [0.1, 0.15) is 12.1 Å². The molecule has 4 rings (SSSR count). The van der Waals surface area contributed by atoms with Crippen molar-refractivity contribution in [3.63, 3.8) is 0 Å². The summed E-state index contributed by atoms with van der Waals surface area (Å²) < 4.78 is 1.85. The van der Waals surface area contributed by atoms with Crippen molar-refractivity contribution >= 4 is 16.7 Å². The fourth-order valence-corrected chi connectivity index (χ4v) is 3.00. The van der Waals surface area contributed by atoms with Gasteiger partial charge >= 0.3 is 0 Å². The highest BCUT2D eigenvalue weighted by Gasteiger charge is 2.11. The molecule has 0 saturated carbocycles. The minimum atomic E-state index is 0.651. The summed E-state index contributed by atoms with van der Waals surface area (Å²) in [5, 5.41) is 9.10. The molecule has 0 aliphatic rings. The lowest BCUT2D eigenvalue weighted by atomic mass is 10.1. The summed E-state index contributed by atoms with van der Waals surface area (Å²) in [5.41, 5.74) is 5.37. The second kappa shape index (κ2) is 6.36. The smallest absolute Gasteiger partial charge is 0.137 e. The SMILES string of the molecule is Cc1ccc2ncnc(NCc3cn(C)nc3-c3ccccc3)c2c1. The first kappa shape index (κ1) is 15.3. The topological polar surface area (TPSA) is 55.6 Å². The molecular formula is C20H19N5. The Morgan fingerprint density at radius 3 is 2.72 bits per heavy atom. The van der Waals surface area contributed by atoms with Gasteiger partial charge in [0.05, 0.1) is 11.2 Å². The number of rotatable bonds is 4. The van der Waals surface area contributed by atoms with E-state index in [4.69, 9.17) is 0 Å². The molecule has 0 amide bonds. The lowest BCUT2D eigenvalue weighted by Crippen LogP contribution is -2.03. The molecule has 0 saturated heterocycles. The maximum Gasteiger partial charge on any atom is 0.137 e. The molecule has 0 fully saturated rings. The number of benzene rings is 2. The van der Waals surface area contributed by atoms with E-state index >= 15 is 0 Å². The van der Waals surface area contributed by atoms with Crippen LogP contribution in [0.2, 0.25) is 0 Å². The summed E-state index contributed by atoms with van der Waals surface area (Å²) in [6.45, 7) is 2.73. The van der Waals surface area contributed by atoms with Gasteiger partial charge in [-0.05, 0) is 19.1 Å². The zero-order chi connectivity index (χ0) is 17.2. The molecule has 0 atom stereocenters. The molecule has 0 radical (unpaired) electrons. The van der Waals surface area contributed by atoms with Gasteiger partial charge in [0.2, 0.25) is 0 Å². The monoisotopic (exact) mass is 329 g/mol. The molecule has 0 aliphatic carbocycles. The zero-order valence-corrected chi connectivity index (χ0v) is 14.3. The van der Waals surface area contributed by atoms with Crippen molar-refractivity contribution in [1.82, 2.24) is 19.7 Å². The summed E-state index contributed by atoms with van der Waals surface area (Å²) in [6, 6.07) is 16.4. The predicted octanol–water partition coefficient (Wildman–Crippen LogP) is 3.95. The molecular weight excluding hydrogens is 310 g/mol. The van der Waals surface area contributed by atoms with Gasteiger partial charge in [-0.1, -0.05) is 42.0 Å². The Balaban J connectivity index is 1.66. The quantitative estimate of drug-likeness (QED) is 0.616. The Labute approximate surface area is 146 Å². The third kappa shape index (κ3) is 3.08. The van der Waals surface area contributed by atoms with Crippen molar-refractivity contribution in [2.24, 2.45) is 7.05 Å². The van der Waals surface area contributed by atoms with Gasteiger partial charge in [-0.3, -0.25) is 4.68 Å². The largest absolute Gasteiger partial charge is 0.365 e. The minimum Gasteiger partial charge on any atom is -0.365 e. The number of hydrogen-bond acceptors (Lipinski definition) is 4. The van der Waals surface area contributed by atoms with Crippen molar-refractivity contribution in [2.75, 3.05) is 5.32 Å². The highest BCUT2D eigenvalue weighted by atomic mass is 15.3. The van der Waals surface area contributed by atoms with E-state index in [0.717, 1.165) is 33.5 Å². The summed E-state index contributed by atoms with van der Waals surface area (Å²) in [6.07, 6.45) is 3.64. The van der Waals surface area contributed by atoms with Gasteiger partial charge in [0.25, 0.3) is 0 Å². The van der Waals surface area contributed by atoms with Gasteiger partial charge < -0.3 is 5.32 Å². The Hall–Kier alpha value is -3.21. The fraction of sp³-hybridized carbons (Fsp3) is 0.150. The first-order chi connectivity index (χ1) is 12.2. The van der Waals surface area contributed by atoms with Crippen molar-refractivity contribution in [2.45, 2.75) is 13.5 Å². The molecule has 0 unspecified atom stereocenters. The van der Waals surface area contributed by atoms with Crippen LogP contribution in [0.15, 0.2) is 61.1 Å². The lowest BCUT2D eigenvalue weighted by Gasteiger charge is -2.09. The van der Waals surface area contributed by atoms with E-state index in [1.165, 1.54) is 5.56 Å². The number of fused-ring (bicyclic) bond motifs is 1. The average molecular weight is 329 g/mol. The van der Waals surface area contributed by atoms with Crippen LogP contribution >= 0.6 is 0 Å². The first-order valence-electron chi connectivity index (χ1n) is 8.24. The second-order valence-electron chi connectivity index (χ2n) is 6.14. The number of hydrogen-bond donors (Lipinski definition) is 1. The van der Waals surface area contributed by atoms with Crippen LogP contribution in [0.3, 0.4) is 0 Å². The van der Waals surface area contributed by atoms with Crippen molar-refractivity contribution in [3.8, 4) is 11.3 Å².